The van der Waals surface area contributed by atoms with E-state index in [1.165, 1.54) is 26.3 Å². The van der Waals surface area contributed by atoms with Crippen LogP contribution in [0.15, 0.2) is 53.5 Å². The van der Waals surface area contributed by atoms with Crippen molar-refractivity contribution in [3.8, 4) is 28.5 Å². The molecule has 2 aromatic heterocycles. The summed E-state index contributed by atoms with van der Waals surface area (Å²) < 4.78 is 80.0. The Morgan fingerprint density at radius 1 is 1.00 bits per heavy atom. The van der Waals surface area contributed by atoms with E-state index in [-0.39, 0.29) is 33.8 Å². The Labute approximate surface area is 194 Å². The van der Waals surface area contributed by atoms with Crippen molar-refractivity contribution in [2.75, 3.05) is 7.11 Å². The van der Waals surface area contributed by atoms with E-state index in [2.05, 4.69) is 9.97 Å². The molecule has 4 rings (SSSR count). The number of hydrogen-bond acceptors (Lipinski definition) is 5. The first kappa shape index (κ1) is 23.9. The van der Waals surface area contributed by atoms with Gasteiger partial charge in [0.15, 0.2) is 22.7 Å². The van der Waals surface area contributed by atoms with E-state index in [1.807, 2.05) is 0 Å². The third-order valence-electron chi connectivity index (χ3n) is 5.10. The van der Waals surface area contributed by atoms with Crippen LogP contribution < -0.4 is 14.9 Å². The van der Waals surface area contributed by atoms with Crippen LogP contribution in [0.3, 0.4) is 0 Å². The second-order valence-electron chi connectivity index (χ2n) is 7.38. The highest BCUT2D eigenvalue weighted by molar-refractivity contribution is 6.04. The predicted molar refractivity (Wildman–Crippen MR) is 116 cm³/mol. The third-order valence-corrected chi connectivity index (χ3v) is 5.10. The summed E-state index contributed by atoms with van der Waals surface area (Å²) in [5.41, 5.74) is -3.50. The van der Waals surface area contributed by atoms with Gasteiger partial charge in [0.05, 0.1) is 34.8 Å². The van der Waals surface area contributed by atoms with Gasteiger partial charge in [0.25, 0.3) is 0 Å². The summed E-state index contributed by atoms with van der Waals surface area (Å²) in [7, 11) is 1.22. The lowest BCUT2D eigenvalue weighted by Gasteiger charge is -2.18. The Morgan fingerprint density at radius 3 is 2.37 bits per heavy atom. The molecule has 0 saturated heterocycles. The van der Waals surface area contributed by atoms with Gasteiger partial charge in [0.2, 0.25) is 0 Å². The first-order chi connectivity index (χ1) is 16.5. The summed E-state index contributed by atoms with van der Waals surface area (Å²) in [5.74, 6) is -3.49. The van der Waals surface area contributed by atoms with Crippen LogP contribution in [-0.4, -0.2) is 22.9 Å². The Kier molecular flexibility index (Phi) is 6.01. The van der Waals surface area contributed by atoms with Crippen LogP contribution in [0.2, 0.25) is 0 Å². The normalized spacial score (nSPS) is 11.5. The van der Waals surface area contributed by atoms with Crippen molar-refractivity contribution in [1.29, 1.82) is 0 Å². The quantitative estimate of drug-likeness (QED) is 0.279. The van der Waals surface area contributed by atoms with Gasteiger partial charge in [-0.1, -0.05) is 0 Å². The van der Waals surface area contributed by atoms with Crippen molar-refractivity contribution in [1.82, 2.24) is 9.97 Å². The van der Waals surface area contributed by atoms with Crippen LogP contribution in [0.25, 0.3) is 22.2 Å². The van der Waals surface area contributed by atoms with E-state index in [4.69, 9.17) is 9.47 Å². The minimum Gasteiger partial charge on any atom is -0.493 e. The molecule has 0 amide bonds. The lowest BCUT2D eigenvalue weighted by molar-refractivity contribution is -0.139. The van der Waals surface area contributed by atoms with Gasteiger partial charge in [-0.25, -0.2) is 8.78 Å². The highest BCUT2D eigenvalue weighted by Crippen LogP contribution is 2.43. The fraction of sp³-hybridized carbons (Fsp3) is 0.125. The Balaban J connectivity index is 1.99. The largest absolute Gasteiger partial charge is 0.493 e. The van der Waals surface area contributed by atoms with E-state index < -0.39 is 45.9 Å². The van der Waals surface area contributed by atoms with Gasteiger partial charge in [-0.3, -0.25) is 14.6 Å². The van der Waals surface area contributed by atoms with E-state index in [0.717, 1.165) is 30.3 Å². The number of pyridine rings is 2. The van der Waals surface area contributed by atoms with E-state index in [0.29, 0.717) is 6.07 Å². The number of aromatic amines is 1. The monoisotopic (exact) mass is 490 g/mol. The SMILES string of the molecule is COc1cc(F)ccc1Oc1ccc(C(F)(F)F)c(F)c1-c1cc(=O)c2c(C(C)=O)nccc2[nH]1. The first-order valence-corrected chi connectivity index (χ1v) is 9.95. The number of hydrogen-bond donors (Lipinski definition) is 1. The number of carbonyl (C=O) groups excluding carboxylic acids is 1. The molecule has 4 aromatic rings. The molecule has 0 radical (unpaired) electrons. The van der Waals surface area contributed by atoms with Crippen molar-refractivity contribution in [2.24, 2.45) is 0 Å². The van der Waals surface area contributed by atoms with Crippen LogP contribution in [0, 0.1) is 11.6 Å². The van der Waals surface area contributed by atoms with E-state index in [9.17, 15) is 27.2 Å². The van der Waals surface area contributed by atoms with Crippen LogP contribution in [0.1, 0.15) is 23.0 Å². The molecule has 180 valence electrons. The summed E-state index contributed by atoms with van der Waals surface area (Å²) in [6.45, 7) is 1.20. The standard InChI is InChI=1S/C24H15F5N2O4/c1-11(32)23-20-14(7-8-30-23)31-15(10-16(20)33)21-18(6-4-13(22(21)26)24(27,28)29)35-17-5-3-12(25)9-19(17)34-2/h3-10H,1-2H3,(H,31,33). The van der Waals surface area contributed by atoms with Crippen molar-refractivity contribution in [3.05, 3.63) is 81.8 Å². The predicted octanol–water partition coefficient (Wildman–Crippen LogP) is 5.89. The minimum atomic E-state index is -5.05. The van der Waals surface area contributed by atoms with E-state index in [1.54, 1.807) is 0 Å². The van der Waals surface area contributed by atoms with Crippen molar-refractivity contribution >= 4 is 16.7 Å². The zero-order chi connectivity index (χ0) is 25.5. The van der Waals surface area contributed by atoms with Crippen LogP contribution >= 0.6 is 0 Å². The molecule has 0 aliphatic rings. The van der Waals surface area contributed by atoms with Crippen LogP contribution in [-0.2, 0) is 6.18 Å². The number of Topliss-reactive ketones (excluding diaryl/α,β-unsaturated/α-hetero) is 1. The number of carbonyl (C=O) groups is 1. The molecule has 0 fully saturated rings. The average molecular weight is 490 g/mol. The molecule has 0 aliphatic heterocycles. The van der Waals surface area contributed by atoms with Gasteiger partial charge >= 0.3 is 6.18 Å². The fourth-order valence-electron chi connectivity index (χ4n) is 3.56. The maximum atomic E-state index is 15.3. The number of nitrogens with one attached hydrogen (secondary N) is 1. The van der Waals surface area contributed by atoms with Gasteiger partial charge in [0, 0.05) is 25.3 Å². The number of ether oxygens (including phenoxy) is 2. The molecule has 11 heteroatoms. The highest BCUT2D eigenvalue weighted by atomic mass is 19.4. The van der Waals surface area contributed by atoms with Crippen molar-refractivity contribution < 1.29 is 36.2 Å². The summed E-state index contributed by atoms with van der Waals surface area (Å²) in [6, 6.07) is 6.68. The number of methoxy groups -OCH3 is 1. The lowest BCUT2D eigenvalue weighted by atomic mass is 10.0. The van der Waals surface area contributed by atoms with E-state index >= 15 is 4.39 Å². The molecule has 2 heterocycles. The van der Waals surface area contributed by atoms with Crippen LogP contribution in [0.5, 0.6) is 17.2 Å². The second kappa shape index (κ2) is 8.82. The van der Waals surface area contributed by atoms with Crippen molar-refractivity contribution in [3.63, 3.8) is 0 Å². The number of fused-ring (bicyclic) bond motifs is 1. The number of nitrogens with zero attached hydrogens (tertiary/aromatic N) is 1. The molecule has 2 aromatic carbocycles. The third kappa shape index (κ3) is 4.44. The molecular weight excluding hydrogens is 475 g/mol. The number of rotatable bonds is 5. The Hall–Kier alpha value is -4.28. The molecular formula is C24H15F5N2O4. The number of benzene rings is 2. The topological polar surface area (TPSA) is 81.3 Å². The molecule has 1 N–H and O–H groups in total. The fourth-order valence-corrected chi connectivity index (χ4v) is 3.56. The Morgan fingerprint density at radius 2 is 1.71 bits per heavy atom. The number of ketones is 1. The average Bonchev–Trinajstić information content (AvgIpc) is 2.78. The van der Waals surface area contributed by atoms with Gasteiger partial charge in [-0.15, -0.1) is 0 Å². The molecule has 35 heavy (non-hydrogen) atoms. The number of halogens is 5. The second-order valence-corrected chi connectivity index (χ2v) is 7.38. The summed E-state index contributed by atoms with van der Waals surface area (Å²) in [5, 5.41) is -0.0983. The molecule has 0 spiro atoms. The Bertz CT molecular complexity index is 1530. The van der Waals surface area contributed by atoms with Crippen LogP contribution in [0.4, 0.5) is 22.0 Å². The number of aromatic nitrogens is 2. The van der Waals surface area contributed by atoms with Gasteiger partial charge in [0.1, 0.15) is 23.1 Å². The molecule has 0 aliphatic carbocycles. The summed E-state index contributed by atoms with van der Waals surface area (Å²) >= 11 is 0. The summed E-state index contributed by atoms with van der Waals surface area (Å²) in [6.07, 6.45) is -3.82. The van der Waals surface area contributed by atoms with Gasteiger partial charge in [-0.05, 0) is 30.3 Å². The van der Waals surface area contributed by atoms with Gasteiger partial charge < -0.3 is 14.5 Å². The zero-order valence-electron chi connectivity index (χ0n) is 18.1. The first-order valence-electron chi connectivity index (χ1n) is 9.95. The smallest absolute Gasteiger partial charge is 0.419 e. The number of alkyl halides is 3. The lowest BCUT2D eigenvalue weighted by Crippen LogP contribution is -2.12. The van der Waals surface area contributed by atoms with Gasteiger partial charge in [-0.2, -0.15) is 13.2 Å². The summed E-state index contributed by atoms with van der Waals surface area (Å²) in [4.78, 5) is 31.3. The molecule has 6 nitrogen and oxygen atoms in total. The molecule has 0 atom stereocenters. The minimum absolute atomic E-state index is 0.0508. The molecule has 0 unspecified atom stereocenters. The molecule has 0 saturated carbocycles. The highest BCUT2D eigenvalue weighted by Gasteiger charge is 2.36. The maximum Gasteiger partial charge on any atom is 0.419 e. The van der Waals surface area contributed by atoms with Crippen molar-refractivity contribution in [2.45, 2.75) is 13.1 Å². The maximum absolute atomic E-state index is 15.3. The number of H-pyrrole nitrogens is 1. The molecule has 0 bridgehead atoms. The zero-order valence-corrected chi connectivity index (χ0v) is 18.1.